The topological polar surface area (TPSA) is 91.3 Å². The lowest BCUT2D eigenvalue weighted by atomic mass is 9.90. The molecule has 3 N–H and O–H groups in total. The highest BCUT2D eigenvalue weighted by atomic mass is 32.1. The molecule has 0 bridgehead atoms. The summed E-state index contributed by atoms with van der Waals surface area (Å²) in [6.45, 7) is 2.13. The van der Waals surface area contributed by atoms with Crippen molar-refractivity contribution in [2.45, 2.75) is 44.4 Å². The lowest BCUT2D eigenvalue weighted by Gasteiger charge is -2.27. The first kappa shape index (κ1) is 22.7. The summed E-state index contributed by atoms with van der Waals surface area (Å²) in [7, 11) is 0. The first-order valence-corrected chi connectivity index (χ1v) is 11.6. The van der Waals surface area contributed by atoms with E-state index in [1.54, 1.807) is 24.3 Å². The highest BCUT2D eigenvalue weighted by Gasteiger charge is 2.58. The number of nitrogens with zero attached hydrogens (tertiary/aromatic N) is 1. The van der Waals surface area contributed by atoms with Crippen molar-refractivity contribution >= 4 is 44.7 Å². The summed E-state index contributed by atoms with van der Waals surface area (Å²) in [5.74, 6) is -1.27. The number of fused-ring (bicyclic) bond motifs is 2. The number of benzene rings is 1. The van der Waals surface area contributed by atoms with E-state index in [2.05, 4.69) is 17.3 Å². The van der Waals surface area contributed by atoms with Crippen LogP contribution in [0.2, 0.25) is 0 Å². The van der Waals surface area contributed by atoms with Gasteiger partial charge in [0.05, 0.1) is 21.5 Å². The molecule has 2 atom stereocenters. The predicted molar refractivity (Wildman–Crippen MR) is 115 cm³/mol. The van der Waals surface area contributed by atoms with Crippen LogP contribution in [0, 0.1) is 5.92 Å². The first-order valence-electron chi connectivity index (χ1n) is 9.93. The maximum Gasteiger partial charge on any atom is 0.424 e. The van der Waals surface area contributed by atoms with Gasteiger partial charge in [0.2, 0.25) is 11.5 Å². The number of hydrogen-bond donors (Lipinski definition) is 3. The molecule has 0 radical (unpaired) electrons. The Hall–Kier alpha value is -2.50. The number of aromatic nitrogens is 1. The minimum atomic E-state index is -5.15. The summed E-state index contributed by atoms with van der Waals surface area (Å²) in [6.07, 6.45) is -3.71. The second-order valence-corrected chi connectivity index (χ2v) is 10.1. The molecule has 2 heterocycles. The van der Waals surface area contributed by atoms with Gasteiger partial charge in [-0.3, -0.25) is 20.4 Å². The maximum absolute atomic E-state index is 13.8. The van der Waals surface area contributed by atoms with Gasteiger partial charge in [-0.25, -0.2) is 4.98 Å². The van der Waals surface area contributed by atoms with E-state index in [0.29, 0.717) is 32.3 Å². The lowest BCUT2D eigenvalue weighted by Crippen LogP contribution is -2.49. The number of amides is 2. The first-order chi connectivity index (χ1) is 15.1. The number of nitrogens with one attached hydrogen (secondary N) is 2. The number of thiazole rings is 1. The fourth-order valence-corrected chi connectivity index (χ4v) is 5.81. The van der Waals surface area contributed by atoms with Gasteiger partial charge in [-0.15, -0.1) is 22.7 Å². The normalized spacial score (nSPS) is 18.1. The monoisotopic (exact) mass is 483 g/mol. The minimum absolute atomic E-state index is 0.292. The zero-order valence-corrected chi connectivity index (χ0v) is 18.6. The number of hydrogen-bond acceptors (Lipinski definition) is 6. The molecule has 0 spiro atoms. The summed E-state index contributed by atoms with van der Waals surface area (Å²) in [4.78, 5) is 30.0. The van der Waals surface area contributed by atoms with Crippen LogP contribution in [-0.2, 0) is 23.2 Å². The van der Waals surface area contributed by atoms with Gasteiger partial charge in [0.25, 0.3) is 5.91 Å². The molecule has 1 aliphatic carbocycles. The average Bonchev–Trinajstić information content (AvgIpc) is 3.35. The molecular weight excluding hydrogens is 463 g/mol. The molecule has 3 aromatic rings. The van der Waals surface area contributed by atoms with Gasteiger partial charge >= 0.3 is 6.18 Å². The third kappa shape index (κ3) is 4.37. The summed E-state index contributed by atoms with van der Waals surface area (Å²) in [5, 5.41) is 9.83. The number of thiophene rings is 1. The average molecular weight is 484 g/mol. The Morgan fingerprint density at radius 1 is 1.22 bits per heavy atom. The van der Waals surface area contributed by atoms with Crippen LogP contribution in [0.3, 0.4) is 0 Å². The van der Waals surface area contributed by atoms with Crippen molar-refractivity contribution in [2.24, 2.45) is 5.92 Å². The third-order valence-electron chi connectivity index (χ3n) is 5.40. The van der Waals surface area contributed by atoms with Crippen LogP contribution >= 0.6 is 22.7 Å². The molecule has 6 nitrogen and oxygen atoms in total. The molecule has 0 saturated heterocycles. The van der Waals surface area contributed by atoms with Crippen molar-refractivity contribution in [1.82, 2.24) is 15.8 Å². The van der Waals surface area contributed by atoms with E-state index in [4.69, 9.17) is 0 Å². The van der Waals surface area contributed by atoms with Gasteiger partial charge in [0.15, 0.2) is 0 Å². The second-order valence-electron chi connectivity index (χ2n) is 7.93. The Labute approximate surface area is 189 Å². The van der Waals surface area contributed by atoms with Crippen LogP contribution in [0.15, 0.2) is 30.3 Å². The van der Waals surface area contributed by atoms with Crippen molar-refractivity contribution in [1.29, 1.82) is 0 Å². The molecule has 2 amide bonds. The number of carbonyl (C=O) groups excluding carboxylic acids is 2. The summed E-state index contributed by atoms with van der Waals surface area (Å²) in [6, 6.07) is 8.11. The van der Waals surface area contributed by atoms with Crippen molar-refractivity contribution in [2.75, 3.05) is 0 Å². The zero-order chi connectivity index (χ0) is 23.1. The van der Waals surface area contributed by atoms with Gasteiger partial charge in [-0.05, 0) is 48.9 Å². The Bertz CT molecular complexity index is 1140. The van der Waals surface area contributed by atoms with Crippen molar-refractivity contribution in [3.05, 3.63) is 50.7 Å². The van der Waals surface area contributed by atoms with E-state index in [1.807, 2.05) is 5.43 Å². The number of aryl methyl sites for hydroxylation is 1. The van der Waals surface area contributed by atoms with Gasteiger partial charge in [-0.1, -0.05) is 19.1 Å². The molecule has 0 fully saturated rings. The fraction of sp³-hybridized carbons (Fsp3) is 0.381. The highest BCUT2D eigenvalue weighted by Crippen LogP contribution is 2.44. The van der Waals surface area contributed by atoms with Crippen molar-refractivity contribution in [3.63, 3.8) is 0 Å². The van der Waals surface area contributed by atoms with Crippen LogP contribution in [0.1, 0.15) is 44.9 Å². The molecule has 0 aliphatic heterocycles. The fourth-order valence-electron chi connectivity index (χ4n) is 3.63. The SMILES string of the molecule is C[C@@H]1CCc2sc(C(=O)NNC(=O)C[C@](O)(c3nc4ccccc4s3)C(F)(F)F)cc2C1. The smallest absolute Gasteiger partial charge is 0.374 e. The Balaban J connectivity index is 1.45. The molecule has 170 valence electrons. The van der Waals surface area contributed by atoms with E-state index in [-0.39, 0.29) is 0 Å². The summed E-state index contributed by atoms with van der Waals surface area (Å²) >= 11 is 1.98. The van der Waals surface area contributed by atoms with Crippen LogP contribution in [0.25, 0.3) is 10.2 Å². The number of aliphatic hydroxyl groups is 1. The number of rotatable bonds is 4. The summed E-state index contributed by atoms with van der Waals surface area (Å²) in [5.41, 5.74) is 2.03. The molecule has 0 unspecified atom stereocenters. The van der Waals surface area contributed by atoms with Crippen LogP contribution in [-0.4, -0.2) is 28.1 Å². The van der Waals surface area contributed by atoms with Gasteiger partial charge in [0.1, 0.15) is 5.01 Å². The Morgan fingerprint density at radius 2 is 1.97 bits per heavy atom. The predicted octanol–water partition coefficient (Wildman–Crippen LogP) is 4.08. The zero-order valence-electron chi connectivity index (χ0n) is 17.0. The van der Waals surface area contributed by atoms with Gasteiger partial charge < -0.3 is 5.11 Å². The lowest BCUT2D eigenvalue weighted by molar-refractivity contribution is -0.267. The molecule has 1 aliphatic rings. The molecule has 1 aromatic carbocycles. The van der Waals surface area contributed by atoms with E-state index in [1.165, 1.54) is 17.4 Å². The van der Waals surface area contributed by atoms with Crippen LogP contribution in [0.5, 0.6) is 0 Å². The minimum Gasteiger partial charge on any atom is -0.374 e. The van der Waals surface area contributed by atoms with E-state index in [0.717, 1.165) is 29.7 Å². The maximum atomic E-state index is 13.8. The molecule has 4 rings (SSSR count). The quantitative estimate of drug-likeness (QED) is 0.488. The largest absolute Gasteiger partial charge is 0.424 e. The van der Waals surface area contributed by atoms with Crippen LogP contribution in [0.4, 0.5) is 13.2 Å². The van der Waals surface area contributed by atoms with Crippen molar-refractivity contribution in [3.8, 4) is 0 Å². The second kappa shape index (κ2) is 8.45. The van der Waals surface area contributed by atoms with Crippen molar-refractivity contribution < 1.29 is 27.9 Å². The van der Waals surface area contributed by atoms with E-state index in [9.17, 15) is 27.9 Å². The number of hydrazine groups is 1. The van der Waals surface area contributed by atoms with E-state index < -0.39 is 35.0 Å². The molecule has 11 heteroatoms. The molecule has 0 saturated carbocycles. The molecule has 32 heavy (non-hydrogen) atoms. The number of para-hydroxylation sites is 1. The Kier molecular flexibility index (Phi) is 5.99. The number of alkyl halides is 3. The molecule has 2 aromatic heterocycles. The van der Waals surface area contributed by atoms with Crippen LogP contribution < -0.4 is 10.9 Å². The highest BCUT2D eigenvalue weighted by molar-refractivity contribution is 7.18. The third-order valence-corrected chi connectivity index (χ3v) is 7.82. The number of carbonyl (C=O) groups is 2. The number of halogens is 3. The van der Waals surface area contributed by atoms with Gasteiger partial charge in [-0.2, -0.15) is 13.2 Å². The molecular formula is C21H20F3N3O3S2. The standard InChI is InChI=1S/C21H20F3N3O3S2/c1-11-6-7-14-12(8-11)9-16(31-14)18(29)27-26-17(28)10-20(30,21(22,23)24)19-25-13-4-2-3-5-15(13)32-19/h2-5,9,11,30H,6-8,10H2,1H3,(H,26,28)(H,27,29)/t11-,20+/m1/s1. The van der Waals surface area contributed by atoms with Gasteiger partial charge in [0, 0.05) is 4.88 Å². The summed E-state index contributed by atoms with van der Waals surface area (Å²) < 4.78 is 41.7. The van der Waals surface area contributed by atoms with E-state index >= 15 is 0 Å². The Morgan fingerprint density at radius 3 is 2.69 bits per heavy atom.